The second-order valence-corrected chi connectivity index (χ2v) is 6.63. The molecule has 0 aliphatic carbocycles. The van der Waals surface area contributed by atoms with Crippen LogP contribution in [0.3, 0.4) is 0 Å². The molecular formula is C17H37N3O2. The van der Waals surface area contributed by atoms with Gasteiger partial charge in [-0.2, -0.15) is 0 Å². The zero-order valence-corrected chi connectivity index (χ0v) is 15.6. The molecule has 22 heavy (non-hydrogen) atoms. The molecule has 1 atom stereocenters. The zero-order chi connectivity index (χ0) is 17.0. The van der Waals surface area contributed by atoms with Crippen LogP contribution in [-0.2, 0) is 9.53 Å². The van der Waals surface area contributed by atoms with Gasteiger partial charge in [0.15, 0.2) is 0 Å². The van der Waals surface area contributed by atoms with E-state index in [2.05, 4.69) is 42.9 Å². The first-order valence-corrected chi connectivity index (χ1v) is 8.55. The number of hydrogen-bond acceptors (Lipinski definition) is 5. The van der Waals surface area contributed by atoms with Crippen molar-refractivity contribution in [2.75, 3.05) is 67.5 Å². The first-order valence-electron chi connectivity index (χ1n) is 8.55. The lowest BCUT2D eigenvalue weighted by Gasteiger charge is -2.24. The number of ether oxygens (including phenoxy) is 1. The number of nitrogens with zero attached hydrogens (tertiary/aromatic N) is 3. The Hall–Kier alpha value is -0.650. The minimum Gasteiger partial charge on any atom is -0.464 e. The summed E-state index contributed by atoms with van der Waals surface area (Å²) in [7, 11) is 8.41. The molecule has 0 aliphatic rings. The van der Waals surface area contributed by atoms with E-state index in [0.29, 0.717) is 6.61 Å². The average molecular weight is 316 g/mol. The Kier molecular flexibility index (Phi) is 12.5. The Morgan fingerprint density at radius 1 is 0.909 bits per heavy atom. The minimum atomic E-state index is -0.0657. The van der Waals surface area contributed by atoms with Crippen molar-refractivity contribution < 1.29 is 9.53 Å². The molecule has 0 saturated heterocycles. The molecule has 0 spiro atoms. The van der Waals surface area contributed by atoms with E-state index >= 15 is 0 Å². The van der Waals surface area contributed by atoms with Crippen molar-refractivity contribution in [1.82, 2.24) is 14.7 Å². The summed E-state index contributed by atoms with van der Waals surface area (Å²) in [6.07, 6.45) is 3.14. The summed E-state index contributed by atoms with van der Waals surface area (Å²) in [4.78, 5) is 18.5. The molecule has 0 heterocycles. The lowest BCUT2D eigenvalue weighted by Crippen LogP contribution is -2.33. The molecule has 0 amide bonds. The second-order valence-electron chi connectivity index (χ2n) is 6.63. The largest absolute Gasteiger partial charge is 0.464 e. The molecule has 5 heteroatoms. The van der Waals surface area contributed by atoms with Gasteiger partial charge >= 0.3 is 5.97 Å². The lowest BCUT2D eigenvalue weighted by molar-refractivity contribution is -0.148. The van der Waals surface area contributed by atoms with Gasteiger partial charge in [-0.1, -0.05) is 13.8 Å². The fourth-order valence-corrected chi connectivity index (χ4v) is 2.14. The van der Waals surface area contributed by atoms with Crippen LogP contribution in [0.5, 0.6) is 0 Å². The van der Waals surface area contributed by atoms with Crippen LogP contribution in [0.15, 0.2) is 0 Å². The Balaban J connectivity index is 4.06. The fraction of sp³-hybridized carbons (Fsp3) is 0.941. The molecule has 0 N–H and O–H groups in total. The Morgan fingerprint density at radius 3 is 1.82 bits per heavy atom. The third-order valence-corrected chi connectivity index (χ3v) is 3.83. The third-order valence-electron chi connectivity index (χ3n) is 3.83. The van der Waals surface area contributed by atoms with Gasteiger partial charge in [0.25, 0.3) is 0 Å². The van der Waals surface area contributed by atoms with Crippen molar-refractivity contribution in [3.05, 3.63) is 0 Å². The topological polar surface area (TPSA) is 36.0 Å². The lowest BCUT2D eigenvalue weighted by atomic mass is 10.1. The Morgan fingerprint density at radius 2 is 1.41 bits per heavy atom. The number of carbonyl (C=O) groups is 1. The van der Waals surface area contributed by atoms with Crippen molar-refractivity contribution in [2.45, 2.75) is 33.1 Å². The summed E-state index contributed by atoms with van der Waals surface area (Å²) in [5, 5.41) is 0. The average Bonchev–Trinajstić information content (AvgIpc) is 2.44. The summed E-state index contributed by atoms with van der Waals surface area (Å²) in [5.74, 6) is -0.0556. The number of carbonyl (C=O) groups excluding carboxylic acids is 1. The Labute approximate surface area is 137 Å². The van der Waals surface area contributed by atoms with E-state index < -0.39 is 0 Å². The van der Waals surface area contributed by atoms with E-state index in [-0.39, 0.29) is 11.9 Å². The second kappa shape index (κ2) is 12.9. The van der Waals surface area contributed by atoms with E-state index in [1.54, 1.807) is 0 Å². The highest BCUT2D eigenvalue weighted by atomic mass is 16.5. The highest BCUT2D eigenvalue weighted by Crippen LogP contribution is 2.03. The zero-order valence-electron chi connectivity index (χ0n) is 15.6. The van der Waals surface area contributed by atoms with Crippen LogP contribution in [0.1, 0.15) is 33.1 Å². The predicted molar refractivity (Wildman–Crippen MR) is 93.2 cm³/mol. The highest BCUT2D eigenvalue weighted by Gasteiger charge is 2.12. The van der Waals surface area contributed by atoms with Crippen LogP contribution in [0.2, 0.25) is 0 Å². The van der Waals surface area contributed by atoms with Crippen LogP contribution in [0, 0.1) is 5.92 Å². The molecule has 1 unspecified atom stereocenters. The van der Waals surface area contributed by atoms with E-state index in [4.69, 9.17) is 4.74 Å². The Bertz CT molecular complexity index is 269. The molecule has 5 nitrogen and oxygen atoms in total. The van der Waals surface area contributed by atoms with E-state index in [0.717, 1.165) is 52.0 Å². The predicted octanol–water partition coefficient (Wildman–Crippen LogP) is 1.78. The number of esters is 1. The molecule has 0 radical (unpaired) electrons. The van der Waals surface area contributed by atoms with Crippen LogP contribution in [0.4, 0.5) is 0 Å². The van der Waals surface area contributed by atoms with Crippen molar-refractivity contribution >= 4 is 5.97 Å². The van der Waals surface area contributed by atoms with Gasteiger partial charge in [-0.15, -0.1) is 0 Å². The monoisotopic (exact) mass is 315 g/mol. The van der Waals surface area contributed by atoms with Gasteiger partial charge in [0.1, 0.15) is 6.61 Å². The van der Waals surface area contributed by atoms with Crippen molar-refractivity contribution in [2.24, 2.45) is 5.92 Å². The third kappa shape index (κ3) is 12.0. The molecule has 0 saturated carbocycles. The molecular weight excluding hydrogens is 278 g/mol. The first-order chi connectivity index (χ1) is 10.4. The maximum Gasteiger partial charge on any atom is 0.308 e. The molecule has 0 aromatic heterocycles. The van der Waals surface area contributed by atoms with Gasteiger partial charge in [0.2, 0.25) is 0 Å². The van der Waals surface area contributed by atoms with Gasteiger partial charge in [-0.05, 0) is 73.6 Å². The smallest absolute Gasteiger partial charge is 0.308 e. The first kappa shape index (κ1) is 21.4. The van der Waals surface area contributed by atoms with Crippen LogP contribution in [-0.4, -0.2) is 88.2 Å². The van der Waals surface area contributed by atoms with E-state index in [1.807, 2.05) is 13.8 Å². The van der Waals surface area contributed by atoms with Gasteiger partial charge in [0, 0.05) is 6.54 Å². The SMILES string of the molecule is CCC(C)C(=O)OCCN(CCCN(C)C)CCCN(C)C. The van der Waals surface area contributed by atoms with Gasteiger partial charge in [-0.25, -0.2) is 0 Å². The molecule has 0 fully saturated rings. The van der Waals surface area contributed by atoms with Crippen molar-refractivity contribution in [1.29, 1.82) is 0 Å². The molecule has 0 bridgehead atoms. The maximum atomic E-state index is 11.7. The van der Waals surface area contributed by atoms with E-state index in [1.165, 1.54) is 0 Å². The van der Waals surface area contributed by atoms with E-state index in [9.17, 15) is 4.79 Å². The molecule has 132 valence electrons. The summed E-state index contributed by atoms with van der Waals surface area (Å²) in [6.45, 7) is 9.60. The van der Waals surface area contributed by atoms with Gasteiger partial charge < -0.3 is 14.5 Å². The standard InChI is InChI=1S/C17H37N3O2/c1-7-16(2)17(21)22-15-14-20(12-8-10-18(3)4)13-9-11-19(5)6/h16H,7-15H2,1-6H3. The minimum absolute atomic E-state index is 0.0101. The molecule has 0 rings (SSSR count). The maximum absolute atomic E-state index is 11.7. The summed E-state index contributed by atoms with van der Waals surface area (Å²) < 4.78 is 5.38. The summed E-state index contributed by atoms with van der Waals surface area (Å²) in [5.41, 5.74) is 0. The van der Waals surface area contributed by atoms with Crippen molar-refractivity contribution in [3.8, 4) is 0 Å². The normalized spacial score (nSPS) is 13.1. The van der Waals surface area contributed by atoms with Crippen LogP contribution >= 0.6 is 0 Å². The van der Waals surface area contributed by atoms with Gasteiger partial charge in [-0.3, -0.25) is 9.69 Å². The van der Waals surface area contributed by atoms with Crippen LogP contribution < -0.4 is 0 Å². The highest BCUT2D eigenvalue weighted by molar-refractivity contribution is 5.71. The summed E-state index contributed by atoms with van der Waals surface area (Å²) >= 11 is 0. The number of rotatable bonds is 13. The van der Waals surface area contributed by atoms with Crippen LogP contribution in [0.25, 0.3) is 0 Å². The molecule has 0 aliphatic heterocycles. The van der Waals surface area contributed by atoms with Crippen molar-refractivity contribution in [3.63, 3.8) is 0 Å². The van der Waals surface area contributed by atoms with Gasteiger partial charge in [0.05, 0.1) is 5.92 Å². The quantitative estimate of drug-likeness (QED) is 0.484. The fourth-order valence-electron chi connectivity index (χ4n) is 2.14. The molecule has 0 aromatic carbocycles. The molecule has 0 aromatic rings. The summed E-state index contributed by atoms with van der Waals surface area (Å²) in [6, 6.07) is 0. The number of hydrogen-bond donors (Lipinski definition) is 0.